The molecule has 0 saturated carbocycles. The lowest BCUT2D eigenvalue weighted by Crippen LogP contribution is -2.47. The molecule has 1 aliphatic heterocycles. The minimum Gasteiger partial charge on any atom is -0.493 e. The van der Waals surface area contributed by atoms with E-state index in [9.17, 15) is 0 Å². The zero-order valence-corrected chi connectivity index (χ0v) is 20.4. The minimum absolute atomic E-state index is 0.707. The Morgan fingerprint density at radius 2 is 1.67 bits per heavy atom. The number of rotatable bonds is 5. The molecular weight excluding hydrogens is 456 g/mol. The van der Waals surface area contributed by atoms with Gasteiger partial charge in [-0.05, 0) is 42.8 Å². The third-order valence-electron chi connectivity index (χ3n) is 5.97. The van der Waals surface area contributed by atoms with Crippen molar-refractivity contribution in [3.63, 3.8) is 0 Å². The highest BCUT2D eigenvalue weighted by molar-refractivity contribution is 7.17. The number of anilines is 2. The summed E-state index contributed by atoms with van der Waals surface area (Å²) in [5, 5.41) is 4.01. The summed E-state index contributed by atoms with van der Waals surface area (Å²) in [5.74, 6) is 3.20. The molecule has 0 aliphatic carbocycles. The van der Waals surface area contributed by atoms with Gasteiger partial charge in [0.15, 0.2) is 11.5 Å². The van der Waals surface area contributed by atoms with Crippen molar-refractivity contribution in [2.24, 2.45) is 0 Å². The summed E-state index contributed by atoms with van der Waals surface area (Å²) in [7, 11) is 3.31. The third kappa shape index (κ3) is 4.18. The monoisotopic (exact) mass is 480 g/mol. The predicted octanol–water partition coefficient (Wildman–Crippen LogP) is 5.66. The van der Waals surface area contributed by atoms with Gasteiger partial charge in [-0.1, -0.05) is 23.7 Å². The van der Waals surface area contributed by atoms with Crippen LogP contribution in [0.4, 0.5) is 11.5 Å². The number of aromatic nitrogens is 2. The van der Waals surface area contributed by atoms with E-state index in [0.717, 1.165) is 69.9 Å². The highest BCUT2D eigenvalue weighted by Gasteiger charge is 2.24. The van der Waals surface area contributed by atoms with Crippen molar-refractivity contribution in [3.05, 3.63) is 58.7 Å². The molecule has 0 radical (unpaired) electrons. The van der Waals surface area contributed by atoms with Crippen LogP contribution in [0.3, 0.4) is 0 Å². The van der Waals surface area contributed by atoms with Crippen molar-refractivity contribution in [1.82, 2.24) is 9.97 Å². The molecule has 2 aromatic carbocycles. The molecule has 1 saturated heterocycles. The van der Waals surface area contributed by atoms with E-state index in [1.807, 2.05) is 37.3 Å². The quantitative estimate of drug-likeness (QED) is 0.367. The van der Waals surface area contributed by atoms with Gasteiger partial charge in [0.25, 0.3) is 0 Å². The van der Waals surface area contributed by atoms with Gasteiger partial charge in [0.1, 0.15) is 16.5 Å². The first-order valence-corrected chi connectivity index (χ1v) is 12.1. The summed E-state index contributed by atoms with van der Waals surface area (Å²) in [6, 6.07) is 14.1. The van der Waals surface area contributed by atoms with Gasteiger partial charge < -0.3 is 19.3 Å². The molecule has 4 aromatic rings. The second-order valence-corrected chi connectivity index (χ2v) is 9.24. The Hall–Kier alpha value is -3.03. The summed E-state index contributed by atoms with van der Waals surface area (Å²) in [4.78, 5) is 15.4. The molecule has 2 aromatic heterocycles. The average Bonchev–Trinajstić information content (AvgIpc) is 3.27. The molecule has 8 heteroatoms. The van der Waals surface area contributed by atoms with Crippen LogP contribution in [0.2, 0.25) is 5.02 Å². The number of piperazine rings is 1. The van der Waals surface area contributed by atoms with Crippen molar-refractivity contribution in [2.45, 2.75) is 6.92 Å². The number of halogens is 1. The van der Waals surface area contributed by atoms with E-state index in [4.69, 9.17) is 31.0 Å². The molecule has 1 aliphatic rings. The van der Waals surface area contributed by atoms with Crippen LogP contribution >= 0.6 is 22.9 Å². The molecule has 170 valence electrons. The molecule has 33 heavy (non-hydrogen) atoms. The van der Waals surface area contributed by atoms with Crippen LogP contribution in [0, 0.1) is 6.92 Å². The van der Waals surface area contributed by atoms with Crippen molar-refractivity contribution in [1.29, 1.82) is 0 Å². The van der Waals surface area contributed by atoms with E-state index in [2.05, 4.69) is 27.3 Å². The van der Waals surface area contributed by atoms with E-state index < -0.39 is 0 Å². The Labute approximate surface area is 202 Å². The number of aryl methyl sites for hydroxylation is 1. The Kier molecular flexibility index (Phi) is 6.00. The van der Waals surface area contributed by atoms with Gasteiger partial charge >= 0.3 is 0 Å². The zero-order chi connectivity index (χ0) is 22.9. The first-order valence-electron chi connectivity index (χ1n) is 10.8. The first kappa shape index (κ1) is 21.8. The largest absolute Gasteiger partial charge is 0.493 e. The molecule has 3 heterocycles. The number of ether oxygens (including phenoxy) is 2. The molecule has 0 amide bonds. The molecule has 1 fully saturated rings. The van der Waals surface area contributed by atoms with Crippen molar-refractivity contribution in [2.75, 3.05) is 50.2 Å². The van der Waals surface area contributed by atoms with Crippen LogP contribution in [0.25, 0.3) is 21.3 Å². The maximum absolute atomic E-state index is 6.21. The molecule has 0 unspecified atom stereocenters. The summed E-state index contributed by atoms with van der Waals surface area (Å²) < 4.78 is 11.0. The van der Waals surface area contributed by atoms with Crippen LogP contribution < -0.4 is 19.3 Å². The van der Waals surface area contributed by atoms with Crippen LogP contribution in [0.1, 0.15) is 5.82 Å². The molecular formula is C25H25ClN4O2S. The number of hydrogen-bond donors (Lipinski definition) is 0. The first-order chi connectivity index (χ1) is 16.1. The van der Waals surface area contributed by atoms with Crippen LogP contribution in [-0.2, 0) is 0 Å². The van der Waals surface area contributed by atoms with E-state index >= 15 is 0 Å². The van der Waals surface area contributed by atoms with Gasteiger partial charge in [-0.2, -0.15) is 0 Å². The second-order valence-electron chi connectivity index (χ2n) is 7.95. The number of thiophene rings is 1. The second kappa shape index (κ2) is 9.08. The molecule has 5 rings (SSSR count). The summed E-state index contributed by atoms with van der Waals surface area (Å²) >= 11 is 7.85. The van der Waals surface area contributed by atoms with Gasteiger partial charge in [0.2, 0.25) is 0 Å². The number of methoxy groups -OCH3 is 2. The van der Waals surface area contributed by atoms with Crippen LogP contribution in [0.15, 0.2) is 47.8 Å². The standard InChI is InChI=1S/C25H25ClN4O2S/c1-16-27-24(30-11-9-29(10-12-30)19-6-4-5-18(26)14-19)23-20(15-33-25(23)28-16)17-7-8-21(31-2)22(13-17)32-3/h4-8,13-15H,9-12H2,1-3H3. The Bertz CT molecular complexity index is 1300. The maximum atomic E-state index is 6.21. The fourth-order valence-corrected chi connectivity index (χ4v) is 5.49. The summed E-state index contributed by atoms with van der Waals surface area (Å²) in [6.07, 6.45) is 0. The Morgan fingerprint density at radius 3 is 2.39 bits per heavy atom. The Balaban J connectivity index is 1.50. The lowest BCUT2D eigenvalue weighted by Gasteiger charge is -2.37. The molecule has 0 atom stereocenters. The normalized spacial score (nSPS) is 14.1. The van der Waals surface area contributed by atoms with Crippen LogP contribution in [-0.4, -0.2) is 50.4 Å². The third-order valence-corrected chi connectivity index (χ3v) is 7.08. The minimum atomic E-state index is 0.707. The topological polar surface area (TPSA) is 50.7 Å². The lowest BCUT2D eigenvalue weighted by atomic mass is 10.0. The highest BCUT2D eigenvalue weighted by atomic mass is 35.5. The number of fused-ring (bicyclic) bond motifs is 1. The fourth-order valence-electron chi connectivity index (χ4n) is 4.32. The number of hydrogen-bond acceptors (Lipinski definition) is 7. The van der Waals surface area contributed by atoms with E-state index in [0.29, 0.717) is 11.5 Å². The molecule has 6 nitrogen and oxygen atoms in total. The highest BCUT2D eigenvalue weighted by Crippen LogP contribution is 2.41. The van der Waals surface area contributed by atoms with Gasteiger partial charge in [-0.3, -0.25) is 0 Å². The summed E-state index contributed by atoms with van der Waals surface area (Å²) in [5.41, 5.74) is 3.33. The lowest BCUT2D eigenvalue weighted by molar-refractivity contribution is 0.355. The SMILES string of the molecule is COc1ccc(-c2csc3nc(C)nc(N4CCN(c5cccc(Cl)c5)CC4)c23)cc1OC. The van der Waals surface area contributed by atoms with Gasteiger partial charge in [0.05, 0.1) is 19.6 Å². The smallest absolute Gasteiger partial charge is 0.161 e. The van der Waals surface area contributed by atoms with E-state index in [-0.39, 0.29) is 0 Å². The van der Waals surface area contributed by atoms with Gasteiger partial charge in [0, 0.05) is 47.8 Å². The molecule has 0 N–H and O–H groups in total. The summed E-state index contributed by atoms with van der Waals surface area (Å²) in [6.45, 7) is 5.51. The van der Waals surface area contributed by atoms with Gasteiger partial charge in [-0.15, -0.1) is 11.3 Å². The zero-order valence-electron chi connectivity index (χ0n) is 18.8. The van der Waals surface area contributed by atoms with Gasteiger partial charge in [-0.25, -0.2) is 9.97 Å². The number of benzene rings is 2. The van der Waals surface area contributed by atoms with Crippen LogP contribution in [0.5, 0.6) is 11.5 Å². The fraction of sp³-hybridized carbons (Fsp3) is 0.280. The van der Waals surface area contributed by atoms with Crippen molar-refractivity contribution in [3.8, 4) is 22.6 Å². The predicted molar refractivity (Wildman–Crippen MR) is 137 cm³/mol. The Morgan fingerprint density at radius 1 is 0.909 bits per heavy atom. The van der Waals surface area contributed by atoms with E-state index in [1.54, 1.807) is 25.6 Å². The molecule has 0 spiro atoms. The molecule has 0 bridgehead atoms. The number of nitrogens with zero attached hydrogens (tertiary/aromatic N) is 4. The van der Waals surface area contributed by atoms with Crippen molar-refractivity contribution >= 4 is 44.7 Å². The van der Waals surface area contributed by atoms with Crippen molar-refractivity contribution < 1.29 is 9.47 Å². The maximum Gasteiger partial charge on any atom is 0.161 e. The van der Waals surface area contributed by atoms with E-state index in [1.165, 1.54) is 0 Å². The average molecular weight is 481 g/mol.